The normalized spacial score (nSPS) is 20.5. The van der Waals surface area contributed by atoms with Gasteiger partial charge in [0, 0.05) is 32.7 Å². The topological polar surface area (TPSA) is 55.6 Å². The highest BCUT2D eigenvalue weighted by atomic mass is 16.5. The van der Waals surface area contributed by atoms with Gasteiger partial charge in [-0.1, -0.05) is 30.3 Å². The molecule has 0 bridgehead atoms. The number of carbonyl (C=O) groups excluding carboxylic acids is 1. The van der Waals surface area contributed by atoms with Gasteiger partial charge in [-0.25, -0.2) is 0 Å². The number of rotatable bonds is 5. The molecule has 1 fully saturated rings. The van der Waals surface area contributed by atoms with Crippen LogP contribution in [0.2, 0.25) is 0 Å². The molecule has 0 spiro atoms. The Bertz CT molecular complexity index is 404. The molecule has 1 aliphatic heterocycles. The molecule has 2 atom stereocenters. The molecule has 2 unspecified atom stereocenters. The summed E-state index contributed by atoms with van der Waals surface area (Å²) in [5.41, 5.74) is 6.87. The van der Waals surface area contributed by atoms with E-state index in [4.69, 9.17) is 10.5 Å². The lowest BCUT2D eigenvalue weighted by molar-refractivity contribution is -0.132. The van der Waals surface area contributed by atoms with E-state index >= 15 is 0 Å². The maximum Gasteiger partial charge on any atom is 0.225 e. The monoisotopic (exact) mass is 262 g/mol. The zero-order valence-electron chi connectivity index (χ0n) is 11.4. The smallest absolute Gasteiger partial charge is 0.225 e. The van der Waals surface area contributed by atoms with Crippen LogP contribution < -0.4 is 5.73 Å². The molecule has 2 N–H and O–H groups in total. The van der Waals surface area contributed by atoms with E-state index in [0.29, 0.717) is 18.9 Å². The van der Waals surface area contributed by atoms with Crippen molar-refractivity contribution < 1.29 is 9.53 Å². The summed E-state index contributed by atoms with van der Waals surface area (Å²) in [6.45, 7) is 2.03. The molecule has 0 aliphatic carbocycles. The second-order valence-corrected chi connectivity index (χ2v) is 5.03. The molecule has 0 saturated carbocycles. The van der Waals surface area contributed by atoms with E-state index < -0.39 is 0 Å². The van der Waals surface area contributed by atoms with E-state index in [9.17, 15) is 4.79 Å². The molecule has 1 heterocycles. The summed E-state index contributed by atoms with van der Waals surface area (Å²) in [5, 5.41) is 0. The SMILES string of the molecule is COC(CN)CC(=O)N1CCC(c2ccccc2)C1. The molecular weight excluding hydrogens is 240 g/mol. The number of nitrogens with zero attached hydrogens (tertiary/aromatic N) is 1. The van der Waals surface area contributed by atoms with Crippen LogP contribution in [0.4, 0.5) is 0 Å². The van der Waals surface area contributed by atoms with Crippen LogP contribution in [0, 0.1) is 0 Å². The van der Waals surface area contributed by atoms with Crippen LogP contribution in [0.1, 0.15) is 24.3 Å². The molecule has 0 aromatic heterocycles. The summed E-state index contributed by atoms with van der Waals surface area (Å²) in [6.07, 6.45) is 1.26. The molecule has 104 valence electrons. The number of ether oxygens (including phenoxy) is 1. The van der Waals surface area contributed by atoms with Gasteiger partial charge in [-0.2, -0.15) is 0 Å². The van der Waals surface area contributed by atoms with Crippen LogP contribution >= 0.6 is 0 Å². The van der Waals surface area contributed by atoms with Crippen LogP contribution in [0.25, 0.3) is 0 Å². The van der Waals surface area contributed by atoms with Crippen molar-refractivity contribution in [3.63, 3.8) is 0 Å². The van der Waals surface area contributed by atoms with Gasteiger partial charge in [-0.05, 0) is 12.0 Å². The molecule has 1 aromatic carbocycles. The Morgan fingerprint density at radius 2 is 2.21 bits per heavy atom. The van der Waals surface area contributed by atoms with E-state index in [0.717, 1.165) is 19.5 Å². The van der Waals surface area contributed by atoms with Gasteiger partial charge in [0.1, 0.15) is 0 Å². The van der Waals surface area contributed by atoms with Crippen molar-refractivity contribution >= 4 is 5.91 Å². The van der Waals surface area contributed by atoms with Crippen molar-refractivity contribution in [1.82, 2.24) is 4.90 Å². The Morgan fingerprint density at radius 3 is 2.84 bits per heavy atom. The number of hydrogen-bond donors (Lipinski definition) is 1. The van der Waals surface area contributed by atoms with E-state index in [-0.39, 0.29) is 12.0 Å². The summed E-state index contributed by atoms with van der Waals surface area (Å²) >= 11 is 0. The van der Waals surface area contributed by atoms with Crippen molar-refractivity contribution in [2.45, 2.75) is 24.9 Å². The predicted molar refractivity (Wildman–Crippen MR) is 74.8 cm³/mol. The first-order chi connectivity index (χ1) is 9.24. The molecule has 4 heteroatoms. The lowest BCUT2D eigenvalue weighted by Crippen LogP contribution is -2.34. The first kappa shape index (κ1) is 14.0. The highest BCUT2D eigenvalue weighted by Crippen LogP contribution is 2.27. The molecule has 1 amide bonds. The average molecular weight is 262 g/mol. The van der Waals surface area contributed by atoms with Gasteiger partial charge < -0.3 is 15.4 Å². The maximum absolute atomic E-state index is 12.1. The van der Waals surface area contributed by atoms with Gasteiger partial charge >= 0.3 is 0 Å². The molecule has 2 rings (SSSR count). The van der Waals surface area contributed by atoms with Crippen molar-refractivity contribution in [2.24, 2.45) is 5.73 Å². The minimum atomic E-state index is -0.164. The molecule has 1 aliphatic rings. The number of carbonyl (C=O) groups is 1. The number of likely N-dealkylation sites (tertiary alicyclic amines) is 1. The van der Waals surface area contributed by atoms with E-state index in [2.05, 4.69) is 24.3 Å². The lowest BCUT2D eigenvalue weighted by Gasteiger charge is -2.20. The minimum absolute atomic E-state index is 0.149. The number of benzene rings is 1. The highest BCUT2D eigenvalue weighted by Gasteiger charge is 2.28. The van der Waals surface area contributed by atoms with Crippen molar-refractivity contribution in [1.29, 1.82) is 0 Å². The van der Waals surface area contributed by atoms with Crippen molar-refractivity contribution in [3.8, 4) is 0 Å². The van der Waals surface area contributed by atoms with E-state index in [1.807, 2.05) is 11.0 Å². The number of amides is 1. The van der Waals surface area contributed by atoms with Crippen LogP contribution in [0.5, 0.6) is 0 Å². The van der Waals surface area contributed by atoms with Gasteiger partial charge in [0.25, 0.3) is 0 Å². The minimum Gasteiger partial charge on any atom is -0.380 e. The average Bonchev–Trinajstić information content (AvgIpc) is 2.95. The largest absolute Gasteiger partial charge is 0.380 e. The summed E-state index contributed by atoms with van der Waals surface area (Å²) < 4.78 is 5.17. The Balaban J connectivity index is 1.89. The van der Waals surface area contributed by atoms with Gasteiger partial charge in [0.2, 0.25) is 5.91 Å². The second kappa shape index (κ2) is 6.68. The predicted octanol–water partition coefficient (Wildman–Crippen LogP) is 1.37. The summed E-state index contributed by atoms with van der Waals surface area (Å²) in [7, 11) is 1.60. The van der Waals surface area contributed by atoms with Gasteiger partial charge in [-0.3, -0.25) is 4.79 Å². The molecule has 0 radical (unpaired) electrons. The molecule has 19 heavy (non-hydrogen) atoms. The van der Waals surface area contributed by atoms with Gasteiger partial charge in [-0.15, -0.1) is 0 Å². The number of hydrogen-bond acceptors (Lipinski definition) is 3. The Kier molecular flexibility index (Phi) is 4.93. The second-order valence-electron chi connectivity index (χ2n) is 5.03. The molecular formula is C15H22N2O2. The standard InChI is InChI=1S/C15H22N2O2/c1-19-14(10-16)9-15(18)17-8-7-13(11-17)12-5-3-2-4-6-12/h2-6,13-14H,7-11,16H2,1H3. The highest BCUT2D eigenvalue weighted by molar-refractivity contribution is 5.77. The third-order valence-electron chi connectivity index (χ3n) is 3.81. The van der Waals surface area contributed by atoms with Gasteiger partial charge in [0.15, 0.2) is 0 Å². The fourth-order valence-electron chi connectivity index (χ4n) is 2.57. The summed E-state index contributed by atoms with van der Waals surface area (Å²) in [4.78, 5) is 14.1. The Morgan fingerprint density at radius 1 is 1.47 bits per heavy atom. The zero-order chi connectivity index (χ0) is 13.7. The third kappa shape index (κ3) is 3.55. The lowest BCUT2D eigenvalue weighted by atomic mass is 9.99. The van der Waals surface area contributed by atoms with E-state index in [1.165, 1.54) is 5.56 Å². The van der Waals surface area contributed by atoms with Crippen LogP contribution in [0.15, 0.2) is 30.3 Å². The van der Waals surface area contributed by atoms with Crippen LogP contribution in [0.3, 0.4) is 0 Å². The quantitative estimate of drug-likeness (QED) is 0.872. The first-order valence-electron chi connectivity index (χ1n) is 6.80. The van der Waals surface area contributed by atoms with Crippen molar-refractivity contribution in [2.75, 3.05) is 26.7 Å². The maximum atomic E-state index is 12.1. The molecule has 4 nitrogen and oxygen atoms in total. The van der Waals surface area contributed by atoms with Crippen molar-refractivity contribution in [3.05, 3.63) is 35.9 Å². The summed E-state index contributed by atoms with van der Waals surface area (Å²) in [5.74, 6) is 0.611. The fraction of sp³-hybridized carbons (Fsp3) is 0.533. The number of methoxy groups -OCH3 is 1. The van der Waals surface area contributed by atoms with Crippen LogP contribution in [-0.2, 0) is 9.53 Å². The zero-order valence-corrected chi connectivity index (χ0v) is 11.4. The van der Waals surface area contributed by atoms with E-state index in [1.54, 1.807) is 7.11 Å². The number of nitrogens with two attached hydrogens (primary N) is 1. The summed E-state index contributed by atoms with van der Waals surface area (Å²) in [6, 6.07) is 10.4. The fourth-order valence-corrected chi connectivity index (χ4v) is 2.57. The van der Waals surface area contributed by atoms with Gasteiger partial charge in [0.05, 0.1) is 12.5 Å². The first-order valence-corrected chi connectivity index (χ1v) is 6.80. The Hall–Kier alpha value is -1.39. The molecule has 1 saturated heterocycles. The Labute approximate surface area is 114 Å². The third-order valence-corrected chi connectivity index (χ3v) is 3.81. The van der Waals surface area contributed by atoms with Crippen LogP contribution in [-0.4, -0.2) is 43.7 Å². The molecule has 1 aromatic rings.